The van der Waals surface area contributed by atoms with E-state index in [4.69, 9.17) is 11.6 Å². The lowest BCUT2D eigenvalue weighted by Gasteiger charge is -2.37. The average Bonchev–Trinajstić information content (AvgIpc) is 2.65. The zero-order valence-corrected chi connectivity index (χ0v) is 12.0. The Bertz CT molecular complexity index is 406. The second kappa shape index (κ2) is 4.62. The molecule has 0 spiro atoms. The lowest BCUT2D eigenvalue weighted by Crippen LogP contribution is -2.40. The van der Waals surface area contributed by atoms with E-state index in [1.54, 1.807) is 0 Å². The molecule has 1 aliphatic rings. The van der Waals surface area contributed by atoms with E-state index in [0.717, 1.165) is 5.02 Å². The number of halogens is 1. The second-order valence-electron chi connectivity index (χ2n) is 6.05. The number of aryl methyl sites for hydroxylation is 1. The minimum absolute atomic E-state index is 0.218. The quantitative estimate of drug-likeness (QED) is 0.706. The molecular weight excluding hydrogens is 230 g/mol. The van der Waals surface area contributed by atoms with Crippen molar-refractivity contribution in [2.45, 2.75) is 52.1 Å². The Balaban J connectivity index is 2.33. The van der Waals surface area contributed by atoms with Gasteiger partial charge in [0.05, 0.1) is 0 Å². The van der Waals surface area contributed by atoms with Crippen molar-refractivity contribution in [3.8, 4) is 0 Å². The van der Waals surface area contributed by atoms with Crippen LogP contribution in [0, 0.1) is 6.92 Å². The molecule has 1 fully saturated rings. The average molecular weight is 252 g/mol. The van der Waals surface area contributed by atoms with Gasteiger partial charge in [-0.1, -0.05) is 23.7 Å². The minimum atomic E-state index is 0.218. The topological polar surface area (TPSA) is 3.24 Å². The van der Waals surface area contributed by atoms with Gasteiger partial charge in [-0.3, -0.25) is 4.90 Å². The lowest BCUT2D eigenvalue weighted by molar-refractivity contribution is 0.122. The van der Waals surface area contributed by atoms with E-state index in [9.17, 15) is 0 Å². The van der Waals surface area contributed by atoms with Gasteiger partial charge in [-0.15, -0.1) is 0 Å². The van der Waals surface area contributed by atoms with E-state index in [1.807, 2.05) is 0 Å². The van der Waals surface area contributed by atoms with Gasteiger partial charge in [0.1, 0.15) is 0 Å². The van der Waals surface area contributed by atoms with Gasteiger partial charge in [0.2, 0.25) is 0 Å². The predicted molar refractivity (Wildman–Crippen MR) is 74.6 cm³/mol. The first-order chi connectivity index (χ1) is 7.89. The Kier molecular flexibility index (Phi) is 3.51. The highest BCUT2D eigenvalue weighted by atomic mass is 35.5. The molecule has 1 saturated heterocycles. The Morgan fingerprint density at radius 1 is 1.29 bits per heavy atom. The smallest absolute Gasteiger partial charge is 0.0456 e. The van der Waals surface area contributed by atoms with Gasteiger partial charge in [-0.25, -0.2) is 0 Å². The summed E-state index contributed by atoms with van der Waals surface area (Å²) in [6, 6.07) is 6.94. The summed E-state index contributed by atoms with van der Waals surface area (Å²) in [5, 5.41) is 0.922. The first-order valence-corrected chi connectivity index (χ1v) is 6.80. The van der Waals surface area contributed by atoms with Gasteiger partial charge < -0.3 is 0 Å². The Hall–Kier alpha value is -0.530. The van der Waals surface area contributed by atoms with E-state index >= 15 is 0 Å². The normalized spacial score (nSPS) is 22.1. The molecule has 1 atom stereocenters. The molecule has 2 heteroatoms. The van der Waals surface area contributed by atoms with Crippen molar-refractivity contribution in [1.82, 2.24) is 4.90 Å². The third-order valence-electron chi connectivity index (χ3n) is 3.63. The molecule has 0 amide bonds. The van der Waals surface area contributed by atoms with Crippen LogP contribution in [0.1, 0.15) is 50.8 Å². The number of hydrogen-bond donors (Lipinski definition) is 0. The molecule has 0 aromatic heterocycles. The van der Waals surface area contributed by atoms with Crippen LogP contribution in [-0.4, -0.2) is 17.0 Å². The molecule has 2 rings (SSSR count). The summed E-state index contributed by atoms with van der Waals surface area (Å²) in [4.78, 5) is 2.57. The summed E-state index contributed by atoms with van der Waals surface area (Å²) < 4.78 is 0. The van der Waals surface area contributed by atoms with Crippen LogP contribution in [0.5, 0.6) is 0 Å². The third-order valence-corrected chi connectivity index (χ3v) is 3.96. The monoisotopic (exact) mass is 251 g/mol. The largest absolute Gasteiger partial charge is 0.291 e. The first-order valence-electron chi connectivity index (χ1n) is 6.42. The summed E-state index contributed by atoms with van der Waals surface area (Å²) in [6.45, 7) is 10.1. The van der Waals surface area contributed by atoms with Crippen LogP contribution in [0.4, 0.5) is 0 Å². The van der Waals surface area contributed by atoms with Crippen molar-refractivity contribution in [2.24, 2.45) is 0 Å². The fourth-order valence-corrected chi connectivity index (χ4v) is 3.16. The van der Waals surface area contributed by atoms with Gasteiger partial charge in [0.25, 0.3) is 0 Å². The van der Waals surface area contributed by atoms with Crippen LogP contribution in [0.25, 0.3) is 0 Å². The Morgan fingerprint density at radius 2 is 2.00 bits per heavy atom. The molecule has 0 N–H and O–H groups in total. The molecule has 0 bridgehead atoms. The predicted octanol–water partition coefficient (Wildman–Crippen LogP) is 4.58. The van der Waals surface area contributed by atoms with Crippen molar-refractivity contribution >= 4 is 11.6 Å². The Labute approximate surface area is 110 Å². The molecule has 17 heavy (non-hydrogen) atoms. The maximum Gasteiger partial charge on any atom is 0.0456 e. The molecule has 0 aliphatic carbocycles. The molecule has 1 heterocycles. The SMILES string of the molecule is Cc1ccc(C2CCCN2C(C)(C)C)c(Cl)c1. The number of benzene rings is 1. The van der Waals surface area contributed by atoms with Crippen LogP contribution in [-0.2, 0) is 0 Å². The fraction of sp³-hybridized carbons (Fsp3) is 0.600. The van der Waals surface area contributed by atoms with Crippen LogP contribution < -0.4 is 0 Å². The maximum absolute atomic E-state index is 6.40. The molecule has 0 radical (unpaired) electrons. The summed E-state index contributed by atoms with van der Waals surface area (Å²) in [6.07, 6.45) is 2.49. The molecule has 1 unspecified atom stereocenters. The zero-order chi connectivity index (χ0) is 12.6. The van der Waals surface area contributed by atoms with Crippen molar-refractivity contribution in [3.05, 3.63) is 34.3 Å². The molecule has 1 nitrogen and oxygen atoms in total. The van der Waals surface area contributed by atoms with Crippen LogP contribution >= 0.6 is 11.6 Å². The number of likely N-dealkylation sites (tertiary alicyclic amines) is 1. The highest BCUT2D eigenvalue weighted by Crippen LogP contribution is 2.39. The van der Waals surface area contributed by atoms with Crippen LogP contribution in [0.3, 0.4) is 0 Å². The minimum Gasteiger partial charge on any atom is -0.291 e. The summed E-state index contributed by atoms with van der Waals surface area (Å²) in [5.41, 5.74) is 2.75. The maximum atomic E-state index is 6.40. The zero-order valence-electron chi connectivity index (χ0n) is 11.3. The summed E-state index contributed by atoms with van der Waals surface area (Å²) in [5.74, 6) is 0. The highest BCUT2D eigenvalue weighted by molar-refractivity contribution is 6.31. The molecule has 1 aliphatic heterocycles. The van der Waals surface area contributed by atoms with E-state index < -0.39 is 0 Å². The summed E-state index contributed by atoms with van der Waals surface area (Å²) in [7, 11) is 0. The molecule has 94 valence electrons. The number of nitrogens with zero attached hydrogens (tertiary/aromatic N) is 1. The van der Waals surface area contributed by atoms with E-state index in [0.29, 0.717) is 6.04 Å². The van der Waals surface area contributed by atoms with Gasteiger partial charge in [0, 0.05) is 16.6 Å². The first kappa shape index (κ1) is 12.9. The van der Waals surface area contributed by atoms with Crippen molar-refractivity contribution in [2.75, 3.05) is 6.54 Å². The molecular formula is C15H22ClN. The fourth-order valence-electron chi connectivity index (χ4n) is 2.80. The van der Waals surface area contributed by atoms with E-state index in [-0.39, 0.29) is 5.54 Å². The standard InChI is InChI=1S/C15H22ClN/c1-11-7-8-12(13(16)10-11)14-6-5-9-17(14)15(2,3)4/h7-8,10,14H,5-6,9H2,1-4H3. The van der Waals surface area contributed by atoms with E-state index in [1.165, 1.54) is 30.5 Å². The van der Waals surface area contributed by atoms with Crippen molar-refractivity contribution in [1.29, 1.82) is 0 Å². The van der Waals surface area contributed by atoms with Crippen LogP contribution in [0.2, 0.25) is 5.02 Å². The van der Waals surface area contributed by atoms with Crippen LogP contribution in [0.15, 0.2) is 18.2 Å². The van der Waals surface area contributed by atoms with Gasteiger partial charge in [-0.2, -0.15) is 0 Å². The van der Waals surface area contributed by atoms with Gasteiger partial charge in [0.15, 0.2) is 0 Å². The second-order valence-corrected chi connectivity index (χ2v) is 6.45. The summed E-state index contributed by atoms with van der Waals surface area (Å²) >= 11 is 6.40. The number of rotatable bonds is 1. The molecule has 0 saturated carbocycles. The van der Waals surface area contributed by atoms with Crippen molar-refractivity contribution < 1.29 is 0 Å². The highest BCUT2D eigenvalue weighted by Gasteiger charge is 2.34. The lowest BCUT2D eigenvalue weighted by atomic mass is 9.98. The van der Waals surface area contributed by atoms with Gasteiger partial charge >= 0.3 is 0 Å². The number of hydrogen-bond acceptors (Lipinski definition) is 1. The van der Waals surface area contributed by atoms with Crippen molar-refractivity contribution in [3.63, 3.8) is 0 Å². The van der Waals surface area contributed by atoms with E-state index in [2.05, 4.69) is 50.8 Å². The molecule has 1 aromatic rings. The molecule has 1 aromatic carbocycles. The van der Waals surface area contributed by atoms with Gasteiger partial charge in [-0.05, 0) is 64.3 Å². The third kappa shape index (κ3) is 2.66. The Morgan fingerprint density at radius 3 is 2.59 bits per heavy atom.